The van der Waals surface area contributed by atoms with Gasteiger partial charge < -0.3 is 32.5 Å². The second kappa shape index (κ2) is 14.9. The molecule has 0 aromatic carbocycles. The number of nitrogens with two attached hydrogens (primary N) is 2. The minimum Gasteiger partial charge on any atom is -0.480 e. The number of nitrogens with one attached hydrogen (secondary N) is 3. The van der Waals surface area contributed by atoms with Crippen LogP contribution in [0.1, 0.15) is 33.1 Å². The van der Waals surface area contributed by atoms with E-state index in [1.54, 1.807) is 6.92 Å². The number of hydrogen-bond donors (Lipinski definition) is 7. The van der Waals surface area contributed by atoms with E-state index in [9.17, 15) is 29.1 Å². The third kappa shape index (κ3) is 10.7. The zero-order chi connectivity index (χ0) is 24.1. The van der Waals surface area contributed by atoms with Gasteiger partial charge in [-0.25, -0.2) is 4.79 Å². The number of carboxylic acid groups (broad SMARTS) is 1. The Hall–Kier alpha value is -1.99. The van der Waals surface area contributed by atoms with Crippen molar-refractivity contribution in [3.63, 3.8) is 0 Å². The number of thiol groups is 1. The lowest BCUT2D eigenvalue weighted by molar-refractivity contribution is -0.142. The third-order valence-electron chi connectivity index (χ3n) is 4.59. The van der Waals surface area contributed by atoms with Crippen LogP contribution in [-0.2, 0) is 24.0 Å². The first kappa shape index (κ1) is 29.0. The van der Waals surface area contributed by atoms with E-state index in [0.29, 0.717) is 12.2 Å². The molecule has 0 saturated carbocycles. The molecule has 0 aliphatic carbocycles. The molecule has 0 saturated heterocycles. The Kier molecular flexibility index (Phi) is 14.0. The lowest BCUT2D eigenvalue weighted by Crippen LogP contribution is -2.59. The SMILES string of the molecule is CCC(C)C(NC(=O)C(CS)NC(=O)C(N)CC(N)=O)C(=O)NC(CCSC)C(=O)O. The summed E-state index contributed by atoms with van der Waals surface area (Å²) in [6.07, 6.45) is 2.19. The monoisotopic (exact) mass is 479 g/mol. The predicted molar refractivity (Wildman–Crippen MR) is 122 cm³/mol. The molecule has 5 unspecified atom stereocenters. The van der Waals surface area contributed by atoms with Crippen LogP contribution < -0.4 is 27.4 Å². The maximum Gasteiger partial charge on any atom is 0.326 e. The molecule has 31 heavy (non-hydrogen) atoms. The maximum absolute atomic E-state index is 12.7. The lowest BCUT2D eigenvalue weighted by Gasteiger charge is -2.27. The molecule has 0 spiro atoms. The maximum atomic E-state index is 12.7. The molecule has 8 N–H and O–H groups in total. The van der Waals surface area contributed by atoms with Crippen molar-refractivity contribution in [2.75, 3.05) is 17.8 Å². The van der Waals surface area contributed by atoms with Crippen molar-refractivity contribution in [2.45, 2.75) is 57.3 Å². The number of hydrogen-bond acceptors (Lipinski definition) is 8. The molecule has 0 radical (unpaired) electrons. The molecule has 0 aromatic rings. The summed E-state index contributed by atoms with van der Waals surface area (Å²) < 4.78 is 0. The third-order valence-corrected chi connectivity index (χ3v) is 5.60. The first-order valence-electron chi connectivity index (χ1n) is 9.75. The molecule has 0 fully saturated rings. The van der Waals surface area contributed by atoms with Gasteiger partial charge in [-0.15, -0.1) is 0 Å². The van der Waals surface area contributed by atoms with Crippen molar-refractivity contribution in [3.8, 4) is 0 Å². The highest BCUT2D eigenvalue weighted by Crippen LogP contribution is 2.10. The zero-order valence-electron chi connectivity index (χ0n) is 17.9. The Bertz CT molecular complexity index is 651. The van der Waals surface area contributed by atoms with Crippen LogP contribution in [0.2, 0.25) is 0 Å². The fourth-order valence-electron chi connectivity index (χ4n) is 2.49. The van der Waals surface area contributed by atoms with Crippen molar-refractivity contribution in [1.29, 1.82) is 0 Å². The number of amides is 4. The second-order valence-corrected chi connectivity index (χ2v) is 8.42. The van der Waals surface area contributed by atoms with Gasteiger partial charge in [-0.2, -0.15) is 24.4 Å². The fraction of sp³-hybridized carbons (Fsp3) is 0.722. The molecule has 13 heteroatoms. The van der Waals surface area contributed by atoms with Crippen molar-refractivity contribution in [1.82, 2.24) is 16.0 Å². The molecule has 0 aromatic heterocycles. The van der Waals surface area contributed by atoms with Crippen molar-refractivity contribution in [3.05, 3.63) is 0 Å². The summed E-state index contributed by atoms with van der Waals surface area (Å²) in [4.78, 5) is 59.8. The Morgan fingerprint density at radius 3 is 2.06 bits per heavy atom. The van der Waals surface area contributed by atoms with E-state index in [4.69, 9.17) is 11.5 Å². The number of aliphatic carboxylic acids is 1. The second-order valence-electron chi connectivity index (χ2n) is 7.07. The smallest absolute Gasteiger partial charge is 0.326 e. The van der Waals surface area contributed by atoms with Gasteiger partial charge in [0.05, 0.1) is 12.5 Å². The summed E-state index contributed by atoms with van der Waals surface area (Å²) in [7, 11) is 0. The number of carboxylic acids is 1. The van der Waals surface area contributed by atoms with E-state index < -0.39 is 60.2 Å². The van der Waals surface area contributed by atoms with Gasteiger partial charge in [0.2, 0.25) is 23.6 Å². The largest absolute Gasteiger partial charge is 0.480 e. The molecule has 0 heterocycles. The normalized spacial score (nSPS) is 15.6. The van der Waals surface area contributed by atoms with Crippen LogP contribution >= 0.6 is 24.4 Å². The highest BCUT2D eigenvalue weighted by Gasteiger charge is 2.32. The summed E-state index contributed by atoms with van der Waals surface area (Å²) in [5, 5.41) is 16.7. The van der Waals surface area contributed by atoms with E-state index in [1.165, 1.54) is 11.8 Å². The van der Waals surface area contributed by atoms with Crippen LogP contribution in [0.15, 0.2) is 0 Å². The van der Waals surface area contributed by atoms with Crippen LogP contribution in [0, 0.1) is 5.92 Å². The minimum atomic E-state index is -1.23. The van der Waals surface area contributed by atoms with Crippen LogP contribution in [0.5, 0.6) is 0 Å². The molecule has 178 valence electrons. The summed E-state index contributed by atoms with van der Waals surface area (Å²) in [6, 6.07) is -4.46. The van der Waals surface area contributed by atoms with Gasteiger partial charge in [-0.3, -0.25) is 19.2 Å². The van der Waals surface area contributed by atoms with Gasteiger partial charge in [0.25, 0.3) is 0 Å². The van der Waals surface area contributed by atoms with Crippen molar-refractivity contribution < 1.29 is 29.1 Å². The topological polar surface area (TPSA) is 194 Å². The molecular weight excluding hydrogens is 446 g/mol. The van der Waals surface area contributed by atoms with E-state index >= 15 is 0 Å². The molecule has 0 rings (SSSR count). The Balaban J connectivity index is 5.28. The molecule has 5 atom stereocenters. The molecule has 11 nitrogen and oxygen atoms in total. The Labute approximate surface area is 191 Å². The van der Waals surface area contributed by atoms with Crippen LogP contribution in [0.25, 0.3) is 0 Å². The number of rotatable bonds is 15. The molecule has 4 amide bonds. The van der Waals surface area contributed by atoms with E-state index in [2.05, 4.69) is 28.6 Å². The van der Waals surface area contributed by atoms with Crippen molar-refractivity contribution in [2.24, 2.45) is 17.4 Å². The van der Waals surface area contributed by atoms with Crippen molar-refractivity contribution >= 4 is 54.0 Å². The first-order valence-corrected chi connectivity index (χ1v) is 11.8. The molecule has 0 bridgehead atoms. The molecular formula is C18H33N5O6S2. The first-order chi connectivity index (χ1) is 14.5. The van der Waals surface area contributed by atoms with Gasteiger partial charge >= 0.3 is 5.97 Å². The van der Waals surface area contributed by atoms with Gasteiger partial charge in [0, 0.05) is 5.75 Å². The molecule has 0 aliphatic rings. The minimum absolute atomic E-state index is 0.0960. The quantitative estimate of drug-likeness (QED) is 0.137. The van der Waals surface area contributed by atoms with E-state index in [-0.39, 0.29) is 18.1 Å². The Morgan fingerprint density at radius 1 is 1.03 bits per heavy atom. The fourth-order valence-corrected chi connectivity index (χ4v) is 3.22. The highest BCUT2D eigenvalue weighted by atomic mass is 32.2. The van der Waals surface area contributed by atoms with Gasteiger partial charge in [0.1, 0.15) is 18.1 Å². The van der Waals surface area contributed by atoms with Gasteiger partial charge in [0.15, 0.2) is 0 Å². The number of carbonyl (C=O) groups is 5. The summed E-state index contributed by atoms with van der Waals surface area (Å²) in [5.41, 5.74) is 10.6. The highest BCUT2D eigenvalue weighted by molar-refractivity contribution is 7.98. The van der Waals surface area contributed by atoms with Crippen LogP contribution in [-0.4, -0.2) is 76.6 Å². The molecule has 0 aliphatic heterocycles. The average Bonchev–Trinajstić information content (AvgIpc) is 2.71. The van der Waals surface area contributed by atoms with Crippen LogP contribution in [0.3, 0.4) is 0 Å². The van der Waals surface area contributed by atoms with E-state index in [0.717, 1.165) is 0 Å². The van der Waals surface area contributed by atoms with Gasteiger partial charge in [-0.1, -0.05) is 20.3 Å². The zero-order valence-corrected chi connectivity index (χ0v) is 19.6. The number of primary amides is 1. The van der Waals surface area contributed by atoms with Crippen LogP contribution in [0.4, 0.5) is 0 Å². The average molecular weight is 480 g/mol. The standard InChI is InChI=1S/C18H33N5O6S2/c1-4-9(2)14(17(27)21-11(18(28)29)5-6-31-3)23-16(26)12(8-30)22-15(25)10(19)7-13(20)24/h9-12,14,30H,4-8,19H2,1-3H3,(H2,20,24)(H,21,27)(H,22,25)(H,23,26)(H,28,29). The Morgan fingerprint density at radius 2 is 1.61 bits per heavy atom. The number of thioether (sulfide) groups is 1. The summed E-state index contributed by atoms with van der Waals surface area (Å²) >= 11 is 5.50. The lowest BCUT2D eigenvalue weighted by atomic mass is 9.97. The summed E-state index contributed by atoms with van der Waals surface area (Å²) in [6.45, 7) is 3.56. The van der Waals surface area contributed by atoms with Gasteiger partial charge in [-0.05, 0) is 24.3 Å². The number of carbonyl (C=O) groups excluding carboxylic acids is 4. The predicted octanol–water partition coefficient (Wildman–Crippen LogP) is -1.54. The van der Waals surface area contributed by atoms with E-state index in [1.807, 2.05) is 13.2 Å². The summed E-state index contributed by atoms with van der Waals surface area (Å²) in [5.74, 6) is -3.89.